The standard InChI is InChI=1S/C23H38N2OS/c1-3-4-5-6-7-8-9-10-11-12-16-19-22(26)25-23(27)24-20(2)21-17-14-13-15-18-21/h13-15,17-18,20H,3-12,16,19H2,1-2H3,(H2,24,25,26,27). The monoisotopic (exact) mass is 390 g/mol. The summed E-state index contributed by atoms with van der Waals surface area (Å²) in [6.45, 7) is 4.30. The summed E-state index contributed by atoms with van der Waals surface area (Å²) in [6.07, 6.45) is 14.7. The van der Waals surface area contributed by atoms with Crippen LogP contribution in [-0.4, -0.2) is 11.0 Å². The summed E-state index contributed by atoms with van der Waals surface area (Å²) in [5.74, 6) is 0.0173. The van der Waals surface area contributed by atoms with Crippen LogP contribution < -0.4 is 10.6 Å². The Labute approximate surface area is 171 Å². The van der Waals surface area contributed by atoms with E-state index in [1.165, 1.54) is 57.8 Å². The minimum absolute atomic E-state index is 0.0173. The Balaban J connectivity index is 1.98. The van der Waals surface area contributed by atoms with Crippen molar-refractivity contribution in [1.82, 2.24) is 10.6 Å². The smallest absolute Gasteiger partial charge is 0.226 e. The minimum atomic E-state index is 0.0173. The Morgan fingerprint density at radius 1 is 0.889 bits per heavy atom. The predicted octanol–water partition coefficient (Wildman–Crippen LogP) is 6.44. The lowest BCUT2D eigenvalue weighted by Gasteiger charge is -2.16. The topological polar surface area (TPSA) is 41.1 Å². The summed E-state index contributed by atoms with van der Waals surface area (Å²) in [5.41, 5.74) is 1.15. The lowest BCUT2D eigenvalue weighted by molar-refractivity contribution is -0.119. The molecule has 152 valence electrons. The van der Waals surface area contributed by atoms with E-state index in [0.717, 1.165) is 18.4 Å². The van der Waals surface area contributed by atoms with Gasteiger partial charge in [0.2, 0.25) is 5.91 Å². The van der Waals surface area contributed by atoms with E-state index in [9.17, 15) is 4.79 Å². The second-order valence-electron chi connectivity index (χ2n) is 7.44. The van der Waals surface area contributed by atoms with E-state index in [-0.39, 0.29) is 11.9 Å². The van der Waals surface area contributed by atoms with Crippen molar-refractivity contribution in [2.24, 2.45) is 0 Å². The molecule has 1 unspecified atom stereocenters. The maximum atomic E-state index is 12.0. The van der Waals surface area contributed by atoms with Gasteiger partial charge in [-0.3, -0.25) is 4.79 Å². The van der Waals surface area contributed by atoms with Gasteiger partial charge in [0.1, 0.15) is 0 Å². The summed E-state index contributed by atoms with van der Waals surface area (Å²) in [6, 6.07) is 10.2. The molecule has 0 aromatic heterocycles. The average molecular weight is 391 g/mol. The van der Waals surface area contributed by atoms with Gasteiger partial charge < -0.3 is 10.6 Å². The van der Waals surface area contributed by atoms with E-state index < -0.39 is 0 Å². The third kappa shape index (κ3) is 12.6. The van der Waals surface area contributed by atoms with Gasteiger partial charge in [-0.15, -0.1) is 0 Å². The molecule has 1 atom stereocenters. The third-order valence-electron chi connectivity index (χ3n) is 4.91. The van der Waals surface area contributed by atoms with Crippen molar-refractivity contribution >= 4 is 23.2 Å². The molecule has 0 spiro atoms. The number of rotatable bonds is 14. The fourth-order valence-electron chi connectivity index (χ4n) is 3.20. The second kappa shape index (κ2) is 15.6. The van der Waals surface area contributed by atoms with Gasteiger partial charge in [-0.2, -0.15) is 0 Å². The SMILES string of the molecule is CCCCCCCCCCCCCC(=O)NC(=S)NC(C)c1ccccc1. The van der Waals surface area contributed by atoms with Crippen LogP contribution in [0.3, 0.4) is 0 Å². The highest BCUT2D eigenvalue weighted by Gasteiger charge is 2.09. The molecule has 0 bridgehead atoms. The summed E-state index contributed by atoms with van der Waals surface area (Å²) in [7, 11) is 0. The normalized spacial score (nSPS) is 11.8. The summed E-state index contributed by atoms with van der Waals surface area (Å²) < 4.78 is 0. The molecule has 1 rings (SSSR count). The van der Waals surface area contributed by atoms with Crippen LogP contribution in [0.4, 0.5) is 0 Å². The molecule has 2 N–H and O–H groups in total. The van der Waals surface area contributed by atoms with Crippen LogP contribution in [-0.2, 0) is 4.79 Å². The summed E-state index contributed by atoms with van der Waals surface area (Å²) >= 11 is 5.25. The highest BCUT2D eigenvalue weighted by molar-refractivity contribution is 7.80. The van der Waals surface area contributed by atoms with Crippen molar-refractivity contribution in [2.45, 2.75) is 96.9 Å². The van der Waals surface area contributed by atoms with Crippen molar-refractivity contribution in [2.75, 3.05) is 0 Å². The highest BCUT2D eigenvalue weighted by atomic mass is 32.1. The lowest BCUT2D eigenvalue weighted by Crippen LogP contribution is -2.40. The molecule has 1 aromatic rings. The lowest BCUT2D eigenvalue weighted by atomic mass is 10.1. The Hall–Kier alpha value is -1.42. The maximum absolute atomic E-state index is 12.0. The molecule has 0 heterocycles. The van der Waals surface area contributed by atoms with Gasteiger partial charge in [-0.1, -0.05) is 101 Å². The number of hydrogen-bond donors (Lipinski definition) is 2. The molecule has 0 radical (unpaired) electrons. The number of benzene rings is 1. The number of unbranched alkanes of at least 4 members (excludes halogenated alkanes) is 10. The molecule has 0 saturated carbocycles. The molecule has 1 aromatic carbocycles. The number of carbonyl (C=O) groups is 1. The quantitative estimate of drug-likeness (QED) is 0.284. The molecule has 0 saturated heterocycles. The largest absolute Gasteiger partial charge is 0.356 e. The zero-order chi connectivity index (χ0) is 19.7. The van der Waals surface area contributed by atoms with Crippen LogP contribution in [0.25, 0.3) is 0 Å². The number of amides is 1. The van der Waals surface area contributed by atoms with Gasteiger partial charge in [-0.05, 0) is 31.1 Å². The molecule has 0 aliphatic heterocycles. The molecular formula is C23H38N2OS. The van der Waals surface area contributed by atoms with Crippen LogP contribution >= 0.6 is 12.2 Å². The predicted molar refractivity (Wildman–Crippen MR) is 120 cm³/mol. The van der Waals surface area contributed by atoms with E-state index in [1.807, 2.05) is 37.3 Å². The zero-order valence-corrected chi connectivity index (χ0v) is 18.1. The van der Waals surface area contributed by atoms with Crippen molar-refractivity contribution in [3.63, 3.8) is 0 Å². The molecule has 3 nitrogen and oxygen atoms in total. The third-order valence-corrected chi connectivity index (χ3v) is 5.13. The van der Waals surface area contributed by atoms with Crippen LogP contribution in [0.5, 0.6) is 0 Å². The summed E-state index contributed by atoms with van der Waals surface area (Å²) in [4.78, 5) is 12.0. The molecule has 1 amide bonds. The molecule has 4 heteroatoms. The Kier molecular flexibility index (Phi) is 13.7. The fraction of sp³-hybridized carbons (Fsp3) is 0.652. The maximum Gasteiger partial charge on any atom is 0.226 e. The Morgan fingerprint density at radius 2 is 1.41 bits per heavy atom. The van der Waals surface area contributed by atoms with Crippen LogP contribution in [0.1, 0.15) is 103 Å². The molecule has 0 aliphatic rings. The van der Waals surface area contributed by atoms with Crippen molar-refractivity contribution in [3.8, 4) is 0 Å². The van der Waals surface area contributed by atoms with Gasteiger partial charge in [0.25, 0.3) is 0 Å². The molecular weight excluding hydrogens is 352 g/mol. The van der Waals surface area contributed by atoms with Gasteiger partial charge in [-0.25, -0.2) is 0 Å². The highest BCUT2D eigenvalue weighted by Crippen LogP contribution is 2.12. The van der Waals surface area contributed by atoms with E-state index in [0.29, 0.717) is 11.5 Å². The number of hydrogen-bond acceptors (Lipinski definition) is 2. The summed E-state index contributed by atoms with van der Waals surface area (Å²) in [5, 5.41) is 6.38. The van der Waals surface area contributed by atoms with E-state index in [1.54, 1.807) is 0 Å². The number of carbonyl (C=O) groups excluding carboxylic acids is 1. The average Bonchev–Trinajstić information content (AvgIpc) is 2.66. The van der Waals surface area contributed by atoms with Crippen molar-refractivity contribution in [3.05, 3.63) is 35.9 Å². The first-order valence-electron chi connectivity index (χ1n) is 10.8. The van der Waals surface area contributed by atoms with E-state index in [2.05, 4.69) is 17.6 Å². The Bertz CT molecular complexity index is 518. The van der Waals surface area contributed by atoms with Gasteiger partial charge in [0.05, 0.1) is 6.04 Å². The van der Waals surface area contributed by atoms with E-state index >= 15 is 0 Å². The van der Waals surface area contributed by atoms with Crippen LogP contribution in [0.15, 0.2) is 30.3 Å². The fourth-order valence-corrected chi connectivity index (χ4v) is 3.49. The minimum Gasteiger partial charge on any atom is -0.356 e. The first-order chi connectivity index (χ1) is 13.1. The molecule has 0 fully saturated rings. The first-order valence-corrected chi connectivity index (χ1v) is 11.2. The van der Waals surface area contributed by atoms with Crippen LogP contribution in [0, 0.1) is 0 Å². The number of thiocarbonyl (C=S) groups is 1. The van der Waals surface area contributed by atoms with Gasteiger partial charge in [0.15, 0.2) is 5.11 Å². The van der Waals surface area contributed by atoms with Crippen molar-refractivity contribution < 1.29 is 4.79 Å². The van der Waals surface area contributed by atoms with Crippen molar-refractivity contribution in [1.29, 1.82) is 0 Å². The van der Waals surface area contributed by atoms with Gasteiger partial charge in [0, 0.05) is 6.42 Å². The van der Waals surface area contributed by atoms with E-state index in [4.69, 9.17) is 12.2 Å². The second-order valence-corrected chi connectivity index (χ2v) is 7.85. The number of nitrogens with one attached hydrogen (secondary N) is 2. The molecule has 0 aliphatic carbocycles. The zero-order valence-electron chi connectivity index (χ0n) is 17.3. The molecule has 27 heavy (non-hydrogen) atoms. The first kappa shape index (κ1) is 23.6. The van der Waals surface area contributed by atoms with Gasteiger partial charge >= 0.3 is 0 Å². The Morgan fingerprint density at radius 3 is 1.96 bits per heavy atom. The van der Waals surface area contributed by atoms with Crippen LogP contribution in [0.2, 0.25) is 0 Å².